The average molecular weight is 187 g/mol. The van der Waals surface area contributed by atoms with E-state index in [1.165, 1.54) is 18.5 Å². The van der Waals surface area contributed by atoms with Crippen LogP contribution in [0.2, 0.25) is 0 Å². The Morgan fingerprint density at radius 3 is 2.93 bits per heavy atom. The normalized spacial score (nSPS) is 18.6. The number of fused-ring (bicyclic) bond motifs is 1. The summed E-state index contributed by atoms with van der Waals surface area (Å²) >= 11 is 0. The highest BCUT2D eigenvalue weighted by Gasteiger charge is 2.44. The molecular weight excluding hydrogens is 174 g/mol. The first kappa shape index (κ1) is 8.00. The molecule has 1 aliphatic rings. The SMILES string of the molecule is CNC1(c2cn3ccccc3n2)CC1. The van der Waals surface area contributed by atoms with E-state index in [1.54, 1.807) is 0 Å². The van der Waals surface area contributed by atoms with Gasteiger partial charge in [0.1, 0.15) is 5.65 Å². The molecule has 2 aromatic heterocycles. The van der Waals surface area contributed by atoms with Crippen LogP contribution in [0, 0.1) is 0 Å². The molecular formula is C11H13N3. The van der Waals surface area contributed by atoms with Crippen molar-refractivity contribution in [3.8, 4) is 0 Å². The van der Waals surface area contributed by atoms with Gasteiger partial charge in [0, 0.05) is 12.4 Å². The summed E-state index contributed by atoms with van der Waals surface area (Å²) in [6, 6.07) is 6.08. The van der Waals surface area contributed by atoms with E-state index in [0.717, 1.165) is 5.65 Å². The van der Waals surface area contributed by atoms with Crippen LogP contribution in [-0.4, -0.2) is 16.4 Å². The summed E-state index contributed by atoms with van der Waals surface area (Å²) in [7, 11) is 2.01. The number of hydrogen-bond donors (Lipinski definition) is 1. The van der Waals surface area contributed by atoms with Crippen molar-refractivity contribution < 1.29 is 0 Å². The van der Waals surface area contributed by atoms with E-state index in [9.17, 15) is 0 Å². The van der Waals surface area contributed by atoms with Gasteiger partial charge in [0.15, 0.2) is 0 Å². The molecule has 2 aromatic rings. The van der Waals surface area contributed by atoms with E-state index in [4.69, 9.17) is 0 Å². The van der Waals surface area contributed by atoms with Gasteiger partial charge in [0.05, 0.1) is 11.2 Å². The largest absolute Gasteiger partial charge is 0.309 e. The second-order valence-corrected chi connectivity index (χ2v) is 3.92. The highest BCUT2D eigenvalue weighted by Crippen LogP contribution is 2.44. The molecule has 14 heavy (non-hydrogen) atoms. The van der Waals surface area contributed by atoms with Gasteiger partial charge in [-0.2, -0.15) is 0 Å². The van der Waals surface area contributed by atoms with Gasteiger partial charge >= 0.3 is 0 Å². The van der Waals surface area contributed by atoms with Crippen molar-refractivity contribution in [1.29, 1.82) is 0 Å². The molecule has 1 N–H and O–H groups in total. The van der Waals surface area contributed by atoms with Gasteiger partial charge in [-0.1, -0.05) is 6.07 Å². The third-order valence-electron chi connectivity index (χ3n) is 3.08. The van der Waals surface area contributed by atoms with Crippen LogP contribution < -0.4 is 5.32 Å². The lowest BCUT2D eigenvalue weighted by Crippen LogP contribution is -2.24. The molecule has 0 spiro atoms. The van der Waals surface area contributed by atoms with Gasteiger partial charge in [-0.3, -0.25) is 0 Å². The van der Waals surface area contributed by atoms with Crippen molar-refractivity contribution in [2.45, 2.75) is 18.4 Å². The summed E-state index contributed by atoms with van der Waals surface area (Å²) in [5, 5.41) is 3.35. The summed E-state index contributed by atoms with van der Waals surface area (Å²) in [6.07, 6.45) is 6.57. The van der Waals surface area contributed by atoms with Crippen molar-refractivity contribution in [1.82, 2.24) is 14.7 Å². The smallest absolute Gasteiger partial charge is 0.137 e. The van der Waals surface area contributed by atoms with Crippen molar-refractivity contribution in [3.05, 3.63) is 36.3 Å². The predicted molar refractivity (Wildman–Crippen MR) is 55.2 cm³/mol. The molecule has 0 radical (unpaired) electrons. The van der Waals surface area contributed by atoms with Crippen LogP contribution in [0.4, 0.5) is 0 Å². The molecule has 0 saturated heterocycles. The lowest BCUT2D eigenvalue weighted by molar-refractivity contribution is 0.571. The van der Waals surface area contributed by atoms with Crippen LogP contribution in [0.15, 0.2) is 30.6 Å². The number of pyridine rings is 1. The standard InChI is InChI=1S/C11H13N3/c1-12-11(5-6-11)9-8-14-7-3-2-4-10(14)13-9/h2-4,7-8,12H,5-6H2,1H3. The minimum Gasteiger partial charge on any atom is -0.309 e. The Bertz CT molecular complexity index is 435. The van der Waals surface area contributed by atoms with Crippen LogP contribution in [0.3, 0.4) is 0 Å². The third kappa shape index (κ3) is 0.990. The lowest BCUT2D eigenvalue weighted by atomic mass is 10.2. The van der Waals surface area contributed by atoms with Crippen molar-refractivity contribution in [2.24, 2.45) is 0 Å². The Morgan fingerprint density at radius 2 is 2.29 bits per heavy atom. The molecule has 0 unspecified atom stereocenters. The minimum atomic E-state index is 0.173. The maximum atomic E-state index is 4.62. The lowest BCUT2D eigenvalue weighted by Gasteiger charge is -2.09. The second kappa shape index (κ2) is 2.58. The quantitative estimate of drug-likeness (QED) is 0.772. The van der Waals surface area contributed by atoms with Crippen molar-refractivity contribution >= 4 is 5.65 Å². The number of hydrogen-bond acceptors (Lipinski definition) is 2. The molecule has 3 heteroatoms. The Kier molecular flexibility index (Phi) is 1.47. The number of imidazole rings is 1. The second-order valence-electron chi connectivity index (χ2n) is 3.92. The van der Waals surface area contributed by atoms with E-state index in [-0.39, 0.29) is 5.54 Å². The van der Waals surface area contributed by atoms with Gasteiger partial charge in [0.2, 0.25) is 0 Å². The Balaban J connectivity index is 2.15. The Hall–Kier alpha value is -1.35. The maximum Gasteiger partial charge on any atom is 0.137 e. The summed E-state index contributed by atoms with van der Waals surface area (Å²) < 4.78 is 2.08. The average Bonchev–Trinajstić information content (AvgIpc) is 2.91. The summed E-state index contributed by atoms with van der Waals surface area (Å²) in [5.74, 6) is 0. The van der Waals surface area contributed by atoms with E-state index in [0.29, 0.717) is 0 Å². The zero-order valence-corrected chi connectivity index (χ0v) is 8.20. The number of rotatable bonds is 2. The molecule has 1 saturated carbocycles. The first-order valence-electron chi connectivity index (χ1n) is 4.97. The highest BCUT2D eigenvalue weighted by molar-refractivity contribution is 5.42. The Morgan fingerprint density at radius 1 is 1.43 bits per heavy atom. The molecule has 0 aliphatic heterocycles. The fraction of sp³-hybridized carbons (Fsp3) is 0.364. The van der Waals surface area contributed by atoms with Crippen LogP contribution in [0.25, 0.3) is 5.65 Å². The molecule has 72 valence electrons. The fourth-order valence-corrected chi connectivity index (χ4v) is 1.92. The minimum absolute atomic E-state index is 0.173. The highest BCUT2D eigenvalue weighted by atomic mass is 15.1. The van der Waals surface area contributed by atoms with Gasteiger partial charge in [0.25, 0.3) is 0 Å². The molecule has 2 heterocycles. The number of nitrogens with zero attached hydrogens (tertiary/aromatic N) is 2. The van der Waals surface area contributed by atoms with Crippen LogP contribution in [0.1, 0.15) is 18.5 Å². The van der Waals surface area contributed by atoms with Crippen LogP contribution in [0.5, 0.6) is 0 Å². The van der Waals surface area contributed by atoms with Gasteiger partial charge in [-0.25, -0.2) is 4.98 Å². The van der Waals surface area contributed by atoms with Crippen LogP contribution in [-0.2, 0) is 5.54 Å². The molecule has 0 atom stereocenters. The summed E-state index contributed by atoms with van der Waals surface area (Å²) in [6.45, 7) is 0. The van der Waals surface area contributed by atoms with E-state index < -0.39 is 0 Å². The molecule has 1 fully saturated rings. The number of nitrogens with one attached hydrogen (secondary N) is 1. The first-order chi connectivity index (χ1) is 6.84. The molecule has 3 nitrogen and oxygen atoms in total. The fourth-order valence-electron chi connectivity index (χ4n) is 1.92. The van der Waals surface area contributed by atoms with E-state index >= 15 is 0 Å². The third-order valence-corrected chi connectivity index (χ3v) is 3.08. The van der Waals surface area contributed by atoms with Crippen molar-refractivity contribution in [2.75, 3.05) is 7.05 Å². The zero-order chi connectivity index (χ0) is 9.60. The van der Waals surface area contributed by atoms with E-state index in [1.807, 2.05) is 31.4 Å². The van der Waals surface area contributed by atoms with Gasteiger partial charge in [-0.15, -0.1) is 0 Å². The van der Waals surface area contributed by atoms with E-state index in [2.05, 4.69) is 20.9 Å². The van der Waals surface area contributed by atoms with Crippen molar-refractivity contribution in [3.63, 3.8) is 0 Å². The van der Waals surface area contributed by atoms with Crippen LogP contribution >= 0.6 is 0 Å². The summed E-state index contributed by atoms with van der Waals surface area (Å²) in [4.78, 5) is 4.62. The summed E-state index contributed by atoms with van der Waals surface area (Å²) in [5.41, 5.74) is 2.38. The monoisotopic (exact) mass is 187 g/mol. The molecule has 0 amide bonds. The maximum absolute atomic E-state index is 4.62. The van der Waals surface area contributed by atoms with Gasteiger partial charge < -0.3 is 9.72 Å². The topological polar surface area (TPSA) is 29.3 Å². The molecule has 1 aliphatic carbocycles. The molecule has 0 aromatic carbocycles. The predicted octanol–water partition coefficient (Wildman–Crippen LogP) is 1.54. The molecule has 0 bridgehead atoms. The van der Waals surface area contributed by atoms with Gasteiger partial charge in [-0.05, 0) is 32.0 Å². The number of aromatic nitrogens is 2. The zero-order valence-electron chi connectivity index (χ0n) is 8.20. The Labute approximate surface area is 82.8 Å². The molecule has 3 rings (SSSR count). The first-order valence-corrected chi connectivity index (χ1v) is 4.97.